The fraction of sp³-hybridized carbons (Fsp3) is 0. The molecule has 0 aliphatic heterocycles. The van der Waals surface area contributed by atoms with Crippen LogP contribution in [-0.4, -0.2) is 16.4 Å². The van der Waals surface area contributed by atoms with E-state index in [2.05, 4.69) is 27.8 Å². The van der Waals surface area contributed by atoms with Crippen LogP contribution in [0.3, 0.4) is 0 Å². The Labute approximate surface area is 75.6 Å². The minimum atomic E-state index is 0.0159. The Morgan fingerprint density at radius 2 is 2.42 bits per heavy atom. The van der Waals surface area contributed by atoms with E-state index in [1.807, 2.05) is 12.1 Å². The van der Waals surface area contributed by atoms with E-state index in [4.69, 9.17) is 5.73 Å². The molecule has 1 rings (SSSR count). The first-order valence-corrected chi connectivity index (χ1v) is 3.64. The van der Waals surface area contributed by atoms with Crippen molar-refractivity contribution in [2.24, 2.45) is 15.9 Å². The molecule has 0 aliphatic carbocycles. The minimum Gasteiger partial charge on any atom is -0.741 e. The lowest BCUT2D eigenvalue weighted by Gasteiger charge is -1.96. The topological polar surface area (TPSA) is 63.6 Å². The highest BCUT2D eigenvalue weighted by Crippen LogP contribution is 1.88. The normalized spacial score (nSPS) is 12.2. The summed E-state index contributed by atoms with van der Waals surface area (Å²) in [4.78, 5) is 3.98. The first-order chi connectivity index (χ1) is 5.79. The predicted octanol–water partition coefficient (Wildman–Crippen LogP) is 0.277. The first kappa shape index (κ1) is 8.61. The Morgan fingerprint density at radius 1 is 1.58 bits per heavy atom. The molecule has 2 N–H and O–H groups in total. The Bertz CT molecular complexity index is 290. The van der Waals surface area contributed by atoms with Crippen LogP contribution in [0.1, 0.15) is 5.69 Å². The molecule has 0 amide bonds. The molecular weight excluding hydrogens is 172 g/mol. The third-order valence-electron chi connectivity index (χ3n) is 1.03. The summed E-state index contributed by atoms with van der Waals surface area (Å²) >= 11 is 4.49. The monoisotopic (exact) mass is 179 g/mol. The Balaban J connectivity index is 2.64. The van der Waals surface area contributed by atoms with E-state index < -0.39 is 0 Å². The number of nitrogens with zero attached hydrogens (tertiary/aromatic N) is 3. The van der Waals surface area contributed by atoms with Gasteiger partial charge in [-0.2, -0.15) is 10.2 Å². The number of nitrogens with two attached hydrogens (primary N) is 1. The number of amidine groups is 1. The van der Waals surface area contributed by atoms with Gasteiger partial charge in [0, 0.05) is 6.20 Å². The van der Waals surface area contributed by atoms with E-state index in [0.717, 1.165) is 5.69 Å². The summed E-state index contributed by atoms with van der Waals surface area (Å²) in [7, 11) is 0. The van der Waals surface area contributed by atoms with Gasteiger partial charge in [-0.3, -0.25) is 4.98 Å². The maximum atomic E-state index is 5.09. The zero-order valence-electron chi connectivity index (χ0n) is 6.21. The third-order valence-corrected chi connectivity index (χ3v) is 1.12. The fourth-order valence-electron chi connectivity index (χ4n) is 0.597. The molecule has 1 heterocycles. The van der Waals surface area contributed by atoms with E-state index in [0.29, 0.717) is 0 Å². The molecule has 0 fully saturated rings. The van der Waals surface area contributed by atoms with Gasteiger partial charge >= 0.3 is 0 Å². The molecule has 0 atom stereocenters. The zero-order valence-corrected chi connectivity index (χ0v) is 7.03. The summed E-state index contributed by atoms with van der Waals surface area (Å²) < 4.78 is 0. The average molecular weight is 179 g/mol. The summed E-state index contributed by atoms with van der Waals surface area (Å²) in [6, 6.07) is 5.48. The van der Waals surface area contributed by atoms with Crippen molar-refractivity contribution in [2.45, 2.75) is 0 Å². The second-order valence-electron chi connectivity index (χ2n) is 1.94. The van der Waals surface area contributed by atoms with Gasteiger partial charge in [-0.05, 0) is 17.3 Å². The van der Waals surface area contributed by atoms with E-state index in [1.165, 1.54) is 6.21 Å². The quantitative estimate of drug-likeness (QED) is 0.307. The highest BCUT2D eigenvalue weighted by molar-refractivity contribution is 7.77. The van der Waals surface area contributed by atoms with Crippen LogP contribution < -0.4 is 5.73 Å². The lowest BCUT2D eigenvalue weighted by atomic mass is 10.4. The molecule has 0 saturated carbocycles. The van der Waals surface area contributed by atoms with Gasteiger partial charge < -0.3 is 18.4 Å². The summed E-state index contributed by atoms with van der Waals surface area (Å²) in [6.07, 6.45) is 3.15. The Morgan fingerprint density at radius 3 is 3.00 bits per heavy atom. The van der Waals surface area contributed by atoms with Gasteiger partial charge in [0.15, 0.2) is 0 Å². The van der Waals surface area contributed by atoms with E-state index in [9.17, 15) is 0 Å². The number of rotatable bonds is 2. The number of hydrogen-bond acceptors (Lipinski definition) is 4. The number of pyridine rings is 1. The number of hydrogen-bond donors (Lipinski definition) is 1. The van der Waals surface area contributed by atoms with E-state index >= 15 is 0 Å². The SMILES string of the molecule is NC([S-])=NN=Cc1ccccn1. The maximum Gasteiger partial charge on any atom is 0.0831 e. The van der Waals surface area contributed by atoms with Crippen LogP contribution in [0.2, 0.25) is 0 Å². The lowest BCUT2D eigenvalue weighted by molar-refractivity contribution is 1.23. The fourth-order valence-corrected chi connectivity index (χ4v) is 0.644. The van der Waals surface area contributed by atoms with Gasteiger partial charge in [-0.15, -0.1) is 0 Å². The third kappa shape index (κ3) is 3.07. The summed E-state index contributed by atoms with van der Waals surface area (Å²) in [5, 5.41) is 7.09. The van der Waals surface area contributed by atoms with E-state index in [1.54, 1.807) is 12.3 Å². The zero-order chi connectivity index (χ0) is 8.81. The molecule has 0 saturated heterocycles. The van der Waals surface area contributed by atoms with Gasteiger partial charge in [0.05, 0.1) is 11.9 Å². The average Bonchev–Trinajstić information content (AvgIpc) is 2.05. The van der Waals surface area contributed by atoms with Crippen LogP contribution >= 0.6 is 0 Å². The van der Waals surface area contributed by atoms with Crippen molar-refractivity contribution in [3.05, 3.63) is 30.1 Å². The maximum absolute atomic E-state index is 5.09. The van der Waals surface area contributed by atoms with Crippen molar-refractivity contribution in [2.75, 3.05) is 0 Å². The second kappa shape index (κ2) is 4.40. The molecule has 1 aromatic heterocycles. The van der Waals surface area contributed by atoms with Crippen LogP contribution in [0.5, 0.6) is 0 Å². The van der Waals surface area contributed by atoms with Gasteiger partial charge in [-0.1, -0.05) is 6.07 Å². The molecule has 0 spiro atoms. The molecule has 0 aliphatic rings. The van der Waals surface area contributed by atoms with Crippen LogP contribution in [0, 0.1) is 0 Å². The standard InChI is InChI=1S/C7H8N4S/c8-7(12)11-10-5-6-3-1-2-4-9-6/h1-5H,(H3,8,11,12)/p-1. The number of aromatic nitrogens is 1. The highest BCUT2D eigenvalue weighted by atomic mass is 32.1. The Hall–Kier alpha value is -1.49. The second-order valence-corrected chi connectivity index (χ2v) is 2.36. The van der Waals surface area contributed by atoms with Crippen molar-refractivity contribution >= 4 is 24.0 Å². The van der Waals surface area contributed by atoms with Crippen molar-refractivity contribution in [3.63, 3.8) is 0 Å². The van der Waals surface area contributed by atoms with Gasteiger partial charge in [0.25, 0.3) is 0 Å². The van der Waals surface area contributed by atoms with Crippen LogP contribution in [0.15, 0.2) is 34.6 Å². The van der Waals surface area contributed by atoms with Gasteiger partial charge in [0.1, 0.15) is 0 Å². The molecule has 0 bridgehead atoms. The van der Waals surface area contributed by atoms with Crippen molar-refractivity contribution in [1.82, 2.24) is 4.98 Å². The smallest absolute Gasteiger partial charge is 0.0831 e. The van der Waals surface area contributed by atoms with Crippen LogP contribution in [-0.2, 0) is 12.6 Å². The van der Waals surface area contributed by atoms with Crippen LogP contribution in [0.25, 0.3) is 0 Å². The largest absolute Gasteiger partial charge is 0.741 e. The van der Waals surface area contributed by atoms with Crippen molar-refractivity contribution in [3.8, 4) is 0 Å². The molecule has 12 heavy (non-hydrogen) atoms. The summed E-state index contributed by atoms with van der Waals surface area (Å²) in [6.45, 7) is 0. The molecule has 0 unspecified atom stereocenters. The molecule has 0 aromatic carbocycles. The van der Waals surface area contributed by atoms with Crippen LogP contribution in [0.4, 0.5) is 0 Å². The highest BCUT2D eigenvalue weighted by Gasteiger charge is 1.82. The van der Waals surface area contributed by atoms with E-state index in [-0.39, 0.29) is 5.17 Å². The minimum absolute atomic E-state index is 0.0159. The summed E-state index contributed by atoms with van der Waals surface area (Å²) in [5.74, 6) is 0. The Kier molecular flexibility index (Phi) is 3.16. The summed E-state index contributed by atoms with van der Waals surface area (Å²) in [5.41, 5.74) is 5.81. The predicted molar refractivity (Wildman–Crippen MR) is 50.8 cm³/mol. The van der Waals surface area contributed by atoms with Crippen molar-refractivity contribution in [1.29, 1.82) is 0 Å². The van der Waals surface area contributed by atoms with Gasteiger partial charge in [-0.25, -0.2) is 0 Å². The molecular formula is C7H7N4S-. The molecule has 5 heteroatoms. The van der Waals surface area contributed by atoms with Crippen molar-refractivity contribution < 1.29 is 0 Å². The molecule has 1 aromatic rings. The van der Waals surface area contributed by atoms with Gasteiger partial charge in [0.2, 0.25) is 0 Å². The lowest BCUT2D eigenvalue weighted by Crippen LogP contribution is -2.04. The first-order valence-electron chi connectivity index (χ1n) is 3.23. The molecule has 4 nitrogen and oxygen atoms in total. The molecule has 62 valence electrons. The molecule has 0 radical (unpaired) electrons.